The molecule has 88 valence electrons. The molecule has 16 heavy (non-hydrogen) atoms. The van der Waals surface area contributed by atoms with Crippen molar-refractivity contribution in [3.63, 3.8) is 0 Å². The Bertz CT molecular complexity index is 396. The molecule has 0 aliphatic heterocycles. The summed E-state index contributed by atoms with van der Waals surface area (Å²) < 4.78 is 13.2. The standard InChI is InChI=1S/C11H13ClFNO2/c1-7-5-9(12)8(6-10(7)13)11(16)14-3-2-4-15/h5-6,15H,2-4H2,1H3,(H,14,16). The van der Waals surface area contributed by atoms with Crippen LogP contribution < -0.4 is 5.32 Å². The van der Waals surface area contributed by atoms with E-state index in [1.165, 1.54) is 6.07 Å². The molecule has 1 rings (SSSR count). The van der Waals surface area contributed by atoms with Crippen LogP contribution in [0.5, 0.6) is 0 Å². The number of carbonyl (C=O) groups is 1. The SMILES string of the molecule is Cc1cc(Cl)c(C(=O)NCCCO)cc1F. The first-order valence-electron chi connectivity index (χ1n) is 4.91. The number of amides is 1. The Kier molecular flexibility index (Phi) is 4.71. The van der Waals surface area contributed by atoms with Gasteiger partial charge in [0, 0.05) is 13.2 Å². The predicted molar refractivity (Wildman–Crippen MR) is 60.2 cm³/mol. The molecule has 1 aromatic rings. The summed E-state index contributed by atoms with van der Waals surface area (Å²) in [6.45, 7) is 1.91. The lowest BCUT2D eigenvalue weighted by Gasteiger charge is -2.07. The van der Waals surface area contributed by atoms with Crippen LogP contribution in [0.25, 0.3) is 0 Å². The minimum Gasteiger partial charge on any atom is -0.396 e. The van der Waals surface area contributed by atoms with E-state index in [1.54, 1.807) is 6.92 Å². The van der Waals surface area contributed by atoms with Gasteiger partial charge in [0.2, 0.25) is 0 Å². The van der Waals surface area contributed by atoms with E-state index in [1.807, 2.05) is 0 Å². The zero-order valence-corrected chi connectivity index (χ0v) is 9.64. The summed E-state index contributed by atoms with van der Waals surface area (Å²) in [6.07, 6.45) is 0.456. The maximum atomic E-state index is 13.2. The molecule has 0 spiro atoms. The van der Waals surface area contributed by atoms with Crippen LogP contribution >= 0.6 is 11.6 Å². The smallest absolute Gasteiger partial charge is 0.252 e. The maximum Gasteiger partial charge on any atom is 0.252 e. The van der Waals surface area contributed by atoms with Gasteiger partial charge in [-0.3, -0.25) is 4.79 Å². The van der Waals surface area contributed by atoms with Gasteiger partial charge in [0.25, 0.3) is 5.91 Å². The minimum absolute atomic E-state index is 0.00370. The highest BCUT2D eigenvalue weighted by atomic mass is 35.5. The summed E-state index contributed by atoms with van der Waals surface area (Å²) in [7, 11) is 0. The summed E-state index contributed by atoms with van der Waals surface area (Å²) in [5, 5.41) is 11.3. The highest BCUT2D eigenvalue weighted by Gasteiger charge is 2.12. The molecular formula is C11H13ClFNO2. The van der Waals surface area contributed by atoms with Crippen LogP contribution in [0.4, 0.5) is 4.39 Å². The van der Waals surface area contributed by atoms with Gasteiger partial charge in [-0.05, 0) is 31.0 Å². The molecule has 0 aliphatic carbocycles. The lowest BCUT2D eigenvalue weighted by Crippen LogP contribution is -2.25. The number of aryl methyl sites for hydroxylation is 1. The van der Waals surface area contributed by atoms with Gasteiger partial charge < -0.3 is 10.4 Å². The summed E-state index contributed by atoms with van der Waals surface area (Å²) in [5.74, 6) is -0.894. The molecule has 0 aliphatic rings. The molecule has 5 heteroatoms. The molecule has 0 fully saturated rings. The second-order valence-corrected chi connectivity index (χ2v) is 3.82. The molecule has 1 amide bonds. The van der Waals surface area contributed by atoms with E-state index in [2.05, 4.69) is 5.32 Å². The first-order chi connectivity index (χ1) is 7.56. The van der Waals surface area contributed by atoms with Crippen molar-refractivity contribution in [3.8, 4) is 0 Å². The zero-order chi connectivity index (χ0) is 12.1. The van der Waals surface area contributed by atoms with E-state index in [-0.39, 0.29) is 17.2 Å². The molecule has 2 N–H and O–H groups in total. The molecule has 0 radical (unpaired) electrons. The van der Waals surface area contributed by atoms with E-state index in [4.69, 9.17) is 16.7 Å². The van der Waals surface area contributed by atoms with Crippen LogP contribution in [-0.2, 0) is 0 Å². The third kappa shape index (κ3) is 3.18. The second kappa shape index (κ2) is 5.82. The van der Waals surface area contributed by atoms with Gasteiger partial charge in [-0.2, -0.15) is 0 Å². The van der Waals surface area contributed by atoms with Crippen LogP contribution in [0.1, 0.15) is 22.3 Å². The quantitative estimate of drug-likeness (QED) is 0.796. The van der Waals surface area contributed by atoms with E-state index >= 15 is 0 Å². The van der Waals surface area contributed by atoms with E-state index < -0.39 is 11.7 Å². The Morgan fingerprint density at radius 2 is 2.25 bits per heavy atom. The lowest BCUT2D eigenvalue weighted by molar-refractivity contribution is 0.0951. The number of aliphatic hydroxyl groups is 1. The van der Waals surface area contributed by atoms with Crippen molar-refractivity contribution < 1.29 is 14.3 Å². The third-order valence-electron chi connectivity index (χ3n) is 2.11. The van der Waals surface area contributed by atoms with Crippen LogP contribution in [0.15, 0.2) is 12.1 Å². The molecule has 1 aromatic carbocycles. The van der Waals surface area contributed by atoms with Gasteiger partial charge in [0.1, 0.15) is 5.82 Å². The Morgan fingerprint density at radius 3 is 2.88 bits per heavy atom. The normalized spacial score (nSPS) is 10.2. The molecule has 0 bridgehead atoms. The first kappa shape index (κ1) is 12.9. The van der Waals surface area contributed by atoms with Crippen molar-refractivity contribution in [2.24, 2.45) is 0 Å². The molecular weight excluding hydrogens is 233 g/mol. The van der Waals surface area contributed by atoms with Gasteiger partial charge in [0.15, 0.2) is 0 Å². The summed E-state index contributed by atoms with van der Waals surface area (Å²) in [6, 6.07) is 2.53. The Balaban J connectivity index is 2.79. The zero-order valence-electron chi connectivity index (χ0n) is 8.89. The maximum absolute atomic E-state index is 13.2. The van der Waals surface area contributed by atoms with Crippen molar-refractivity contribution in [1.29, 1.82) is 0 Å². The van der Waals surface area contributed by atoms with Crippen molar-refractivity contribution in [2.45, 2.75) is 13.3 Å². The van der Waals surface area contributed by atoms with Gasteiger partial charge in [-0.25, -0.2) is 4.39 Å². The van der Waals surface area contributed by atoms with Crippen LogP contribution in [0, 0.1) is 12.7 Å². The number of aliphatic hydroxyl groups excluding tert-OH is 1. The Labute approximate surface area is 98.2 Å². The third-order valence-corrected chi connectivity index (χ3v) is 2.43. The van der Waals surface area contributed by atoms with Gasteiger partial charge >= 0.3 is 0 Å². The van der Waals surface area contributed by atoms with Gasteiger partial charge in [0.05, 0.1) is 10.6 Å². The van der Waals surface area contributed by atoms with Crippen LogP contribution in [0.3, 0.4) is 0 Å². The second-order valence-electron chi connectivity index (χ2n) is 3.41. The van der Waals surface area contributed by atoms with E-state index in [0.717, 1.165) is 6.07 Å². The van der Waals surface area contributed by atoms with Crippen molar-refractivity contribution in [1.82, 2.24) is 5.32 Å². The number of hydrogen-bond acceptors (Lipinski definition) is 2. The number of halogens is 2. The summed E-state index contributed by atoms with van der Waals surface area (Å²) in [5.41, 5.74) is 0.514. The van der Waals surface area contributed by atoms with Crippen molar-refractivity contribution in [2.75, 3.05) is 13.2 Å². The van der Waals surface area contributed by atoms with Crippen molar-refractivity contribution >= 4 is 17.5 Å². The predicted octanol–water partition coefficient (Wildman–Crippen LogP) is 1.90. The van der Waals surface area contributed by atoms with E-state index in [0.29, 0.717) is 18.5 Å². The Hall–Kier alpha value is -1.13. The summed E-state index contributed by atoms with van der Waals surface area (Å²) in [4.78, 5) is 11.6. The first-order valence-corrected chi connectivity index (χ1v) is 5.28. The molecule has 0 heterocycles. The highest BCUT2D eigenvalue weighted by molar-refractivity contribution is 6.33. The molecule has 3 nitrogen and oxygen atoms in total. The van der Waals surface area contributed by atoms with Gasteiger partial charge in [-0.1, -0.05) is 11.6 Å². The molecule has 0 atom stereocenters. The lowest BCUT2D eigenvalue weighted by atomic mass is 10.1. The fraction of sp³-hybridized carbons (Fsp3) is 0.364. The van der Waals surface area contributed by atoms with Gasteiger partial charge in [-0.15, -0.1) is 0 Å². The fourth-order valence-electron chi connectivity index (χ4n) is 1.20. The van der Waals surface area contributed by atoms with E-state index in [9.17, 15) is 9.18 Å². The van der Waals surface area contributed by atoms with Crippen LogP contribution in [-0.4, -0.2) is 24.2 Å². The van der Waals surface area contributed by atoms with Crippen molar-refractivity contribution in [3.05, 3.63) is 34.1 Å². The fourth-order valence-corrected chi connectivity index (χ4v) is 1.50. The number of nitrogens with one attached hydrogen (secondary N) is 1. The molecule has 0 saturated carbocycles. The largest absolute Gasteiger partial charge is 0.396 e. The number of hydrogen-bond donors (Lipinski definition) is 2. The van der Waals surface area contributed by atoms with Crippen LogP contribution in [0.2, 0.25) is 5.02 Å². The topological polar surface area (TPSA) is 49.3 Å². The molecule has 0 saturated heterocycles. The molecule has 0 aromatic heterocycles. The average molecular weight is 246 g/mol. The average Bonchev–Trinajstić information content (AvgIpc) is 2.23. The number of carbonyl (C=O) groups excluding carboxylic acids is 1. The highest BCUT2D eigenvalue weighted by Crippen LogP contribution is 2.20. The Morgan fingerprint density at radius 1 is 1.56 bits per heavy atom. The summed E-state index contributed by atoms with van der Waals surface area (Å²) >= 11 is 5.83. The molecule has 0 unspecified atom stereocenters. The number of rotatable bonds is 4. The minimum atomic E-state index is -0.461. The monoisotopic (exact) mass is 245 g/mol. The number of benzene rings is 1.